The van der Waals surface area contributed by atoms with Gasteiger partial charge in [0.1, 0.15) is 0 Å². The van der Waals surface area contributed by atoms with Gasteiger partial charge in [-0.3, -0.25) is 8.78 Å². The predicted octanol–water partition coefficient (Wildman–Crippen LogP) is 11.6. The van der Waals surface area contributed by atoms with Crippen LogP contribution >= 0.6 is 0 Å². The van der Waals surface area contributed by atoms with Gasteiger partial charge in [-0.2, -0.15) is 0 Å². The van der Waals surface area contributed by atoms with E-state index in [1.807, 2.05) is 0 Å². The molecule has 0 aliphatic rings. The molecule has 0 aromatic heterocycles. The molecule has 0 nitrogen and oxygen atoms in total. The molecule has 0 aliphatic heterocycles. The second-order valence-corrected chi connectivity index (χ2v) is 45.3. The van der Waals surface area contributed by atoms with Crippen LogP contribution in [-0.2, 0) is 0 Å². The summed E-state index contributed by atoms with van der Waals surface area (Å²) in [5.41, 5.74) is -1.79. The zero-order valence-corrected chi connectivity index (χ0v) is 28.9. The second-order valence-electron chi connectivity index (χ2n) is 12.3. The first-order valence-electron chi connectivity index (χ1n) is 15.6. The molecule has 0 saturated carbocycles. The molecule has 0 bridgehead atoms. The summed E-state index contributed by atoms with van der Waals surface area (Å²) in [5, 5.41) is 0. The minimum absolute atomic E-state index is 0.131. The van der Waals surface area contributed by atoms with E-state index in [0.29, 0.717) is 0 Å². The van der Waals surface area contributed by atoms with Gasteiger partial charge in [-0.15, -0.1) is 0 Å². The van der Waals surface area contributed by atoms with E-state index in [-0.39, 0.29) is 32.7 Å². The molecule has 0 spiro atoms. The van der Waals surface area contributed by atoms with E-state index in [2.05, 4.69) is 26.2 Å². The Morgan fingerprint density at radius 1 is 0.343 bits per heavy atom. The van der Waals surface area contributed by atoms with Gasteiger partial charge in [-0.1, -0.05) is 0 Å². The zero-order chi connectivity index (χ0) is 26.1. The van der Waals surface area contributed by atoms with Gasteiger partial charge in [0.25, 0.3) is 0 Å². The predicted molar refractivity (Wildman–Crippen MR) is 164 cm³/mol. The van der Waals surface area contributed by atoms with Gasteiger partial charge in [0.15, 0.2) is 0 Å². The third kappa shape index (κ3) is 27.9. The van der Waals surface area contributed by atoms with Crippen LogP contribution < -0.4 is 0 Å². The van der Waals surface area contributed by atoms with Crippen molar-refractivity contribution in [3.63, 3.8) is 0 Å². The average Bonchev–Trinajstić information content (AvgIpc) is 2.79. The molecular weight excluding hydrogens is 582 g/mol. The standard InChI is InChI=1S/C30H64F2Si2Te/c1-33(2,29-25-21-17-13-9-5-7-11-15-19-23-27-31)35-34(3,4)30-26-22-18-14-10-6-8-12-16-20-24-28-32/h5-30H2,1-4H3. The summed E-state index contributed by atoms with van der Waals surface area (Å²) in [5.74, 6) is 0. The maximum atomic E-state index is 12.1. The summed E-state index contributed by atoms with van der Waals surface area (Å²) in [6.45, 7) is 10.6. The van der Waals surface area contributed by atoms with Crippen molar-refractivity contribution in [2.45, 2.75) is 180 Å². The van der Waals surface area contributed by atoms with Crippen LogP contribution in [0.1, 0.15) is 141 Å². The molecule has 5 heteroatoms. The van der Waals surface area contributed by atoms with Gasteiger partial charge >= 0.3 is 197 Å². The van der Waals surface area contributed by atoms with E-state index in [0.717, 1.165) is 25.7 Å². The molecule has 0 amide bonds. The third-order valence-electron chi connectivity index (χ3n) is 7.38. The van der Waals surface area contributed by atoms with Gasteiger partial charge < -0.3 is 0 Å². The van der Waals surface area contributed by atoms with Crippen molar-refractivity contribution in [1.82, 2.24) is 0 Å². The Labute approximate surface area is 231 Å². The summed E-state index contributed by atoms with van der Waals surface area (Å²) in [7, 11) is 0. The average molecular weight is 647 g/mol. The van der Waals surface area contributed by atoms with Crippen molar-refractivity contribution in [2.24, 2.45) is 0 Å². The fourth-order valence-corrected chi connectivity index (χ4v) is 60.5. The second kappa shape index (κ2) is 25.4. The molecule has 0 aromatic rings. The van der Waals surface area contributed by atoms with Crippen molar-refractivity contribution in [1.29, 1.82) is 0 Å². The molecule has 0 atom stereocenters. The minimum Gasteiger partial charge on any atom is -0.251 e. The van der Waals surface area contributed by atoms with Gasteiger partial charge in [-0.25, -0.2) is 0 Å². The van der Waals surface area contributed by atoms with E-state index >= 15 is 0 Å². The van der Waals surface area contributed by atoms with Crippen LogP contribution in [0.5, 0.6) is 0 Å². The molecule has 0 fully saturated rings. The Balaban J connectivity index is 3.60. The molecule has 0 saturated heterocycles. The summed E-state index contributed by atoms with van der Waals surface area (Å²) >= 11 is 0.271. The Kier molecular flexibility index (Phi) is 26.2. The molecule has 0 aliphatic carbocycles. The SMILES string of the molecule is C[Si](C)(CCCCCCCCCCCCCF)[Te][Si](C)(C)CCCCCCCCCCCCCF. The molecule has 0 aromatic carbocycles. The van der Waals surface area contributed by atoms with E-state index in [1.54, 1.807) is 12.1 Å². The van der Waals surface area contributed by atoms with Crippen LogP contribution in [0.15, 0.2) is 0 Å². The van der Waals surface area contributed by atoms with Crippen molar-refractivity contribution in [3.05, 3.63) is 0 Å². The van der Waals surface area contributed by atoms with E-state index in [4.69, 9.17) is 0 Å². The van der Waals surface area contributed by atoms with Crippen molar-refractivity contribution < 1.29 is 8.78 Å². The molecule has 0 rings (SSSR count). The summed E-state index contributed by atoms with van der Waals surface area (Å²) < 4.78 is 24.1. The number of alkyl halides is 2. The zero-order valence-electron chi connectivity index (χ0n) is 24.5. The van der Waals surface area contributed by atoms with E-state index in [1.165, 1.54) is 116 Å². The molecular formula is C30H64F2Si2Te. The molecule has 0 radical (unpaired) electrons. The van der Waals surface area contributed by atoms with Crippen LogP contribution in [0.4, 0.5) is 8.78 Å². The fourth-order valence-electron chi connectivity index (χ4n) is 5.32. The molecule has 0 N–H and O–H groups in total. The van der Waals surface area contributed by atoms with Crippen molar-refractivity contribution >= 4 is 30.6 Å². The van der Waals surface area contributed by atoms with Crippen LogP contribution in [0, 0.1) is 0 Å². The number of halogens is 2. The maximum absolute atomic E-state index is 12.1. The first-order valence-corrected chi connectivity index (χ1v) is 28.9. The van der Waals surface area contributed by atoms with Crippen LogP contribution in [0.3, 0.4) is 0 Å². The molecule has 212 valence electrons. The van der Waals surface area contributed by atoms with Gasteiger partial charge in [0.2, 0.25) is 0 Å². The smallest absolute Gasteiger partial charge is 0.251 e. The number of hydrogen-bond acceptors (Lipinski definition) is 0. The Hall–Kier alpha value is 1.08. The third-order valence-corrected chi connectivity index (χ3v) is 46.8. The minimum atomic E-state index is -0.894. The summed E-state index contributed by atoms with van der Waals surface area (Å²) in [6, 6.07) is 3.21. The van der Waals surface area contributed by atoms with E-state index in [9.17, 15) is 8.78 Å². The summed E-state index contributed by atoms with van der Waals surface area (Å²) in [4.78, 5) is 0. The first kappa shape index (κ1) is 36.1. The quantitative estimate of drug-likeness (QED) is 0.0586. The molecule has 0 heterocycles. The summed E-state index contributed by atoms with van der Waals surface area (Å²) in [6.07, 6.45) is 28.9. The van der Waals surface area contributed by atoms with Crippen LogP contribution in [0.25, 0.3) is 0 Å². The normalized spacial score (nSPS) is 12.5. The Bertz CT molecular complexity index is 395. The first-order chi connectivity index (χ1) is 16.8. The number of hydrogen-bond donors (Lipinski definition) is 0. The van der Waals surface area contributed by atoms with Gasteiger partial charge in [0.05, 0.1) is 13.3 Å². The number of unbranched alkanes of at least 4 members (excludes halogenated alkanes) is 20. The van der Waals surface area contributed by atoms with Crippen LogP contribution in [-0.4, -0.2) is 43.9 Å². The van der Waals surface area contributed by atoms with Gasteiger partial charge in [0, 0.05) is 0 Å². The van der Waals surface area contributed by atoms with Gasteiger partial charge in [-0.05, 0) is 12.8 Å². The molecule has 35 heavy (non-hydrogen) atoms. The topological polar surface area (TPSA) is 0 Å². The number of rotatable bonds is 28. The van der Waals surface area contributed by atoms with Crippen molar-refractivity contribution in [3.8, 4) is 0 Å². The van der Waals surface area contributed by atoms with E-state index < -0.39 is 11.2 Å². The molecule has 0 unspecified atom stereocenters. The fraction of sp³-hybridized carbons (Fsp3) is 1.00. The Morgan fingerprint density at radius 3 is 0.771 bits per heavy atom. The van der Waals surface area contributed by atoms with Crippen LogP contribution in [0.2, 0.25) is 38.3 Å². The monoisotopic (exact) mass is 648 g/mol. The Morgan fingerprint density at radius 2 is 0.543 bits per heavy atom. The van der Waals surface area contributed by atoms with Crippen molar-refractivity contribution in [2.75, 3.05) is 13.3 Å².